The highest BCUT2D eigenvalue weighted by atomic mass is 28.4. The fraction of sp³-hybridized carbons (Fsp3) is 1.00. The summed E-state index contributed by atoms with van der Waals surface area (Å²) < 4.78 is 273. The van der Waals surface area contributed by atoms with Crippen LogP contribution in [0.2, 0.25) is 0 Å². The van der Waals surface area contributed by atoms with E-state index < -0.39 is 94.6 Å². The van der Waals surface area contributed by atoms with Gasteiger partial charge < -0.3 is 13.3 Å². The Labute approximate surface area is 213 Å². The first-order chi connectivity index (χ1) is 17.4. The largest absolute Gasteiger partial charge is 0.582 e. The second-order valence-electron chi connectivity index (χ2n) is 7.70. The fourth-order valence-corrected chi connectivity index (χ4v) is 5.31. The van der Waals surface area contributed by atoms with Gasteiger partial charge in [0.25, 0.3) is 0 Å². The molecule has 0 radical (unpaired) electrons. The molecule has 0 fully saturated rings. The molecule has 3 nitrogen and oxygen atoms in total. The molecule has 0 saturated carbocycles. The van der Waals surface area contributed by atoms with Gasteiger partial charge in [-0.05, 0) is 20.8 Å². The number of rotatable bonds is 16. The van der Waals surface area contributed by atoms with Crippen LogP contribution in [0.15, 0.2) is 0 Å². The molecule has 23 heteroatoms. The first-order valence-electron chi connectivity index (χ1n) is 10.4. The van der Waals surface area contributed by atoms with Crippen molar-refractivity contribution >= 4 is 8.80 Å². The highest BCUT2D eigenvalue weighted by Crippen LogP contribution is 2.65. The van der Waals surface area contributed by atoms with E-state index in [1.807, 2.05) is 0 Å². The van der Waals surface area contributed by atoms with Crippen molar-refractivity contribution in [2.45, 2.75) is 86.8 Å². The Morgan fingerprint density at radius 2 is 0.675 bits per heavy atom. The molecule has 0 saturated heterocycles. The molecule has 0 aromatic rings. The Bertz CT molecular complexity index is 825. The first-order valence-corrected chi connectivity index (χ1v) is 12.1. The average Bonchev–Trinajstić information content (AvgIpc) is 2.76. The summed E-state index contributed by atoms with van der Waals surface area (Å²) >= 11 is 0. The third-order valence-corrected chi connectivity index (χ3v) is 8.02. The van der Waals surface area contributed by atoms with Gasteiger partial charge in [0, 0.05) is 32.7 Å². The molecule has 0 amide bonds. The Kier molecular flexibility index (Phi) is 11.1. The van der Waals surface area contributed by atoms with Crippen molar-refractivity contribution in [2.75, 3.05) is 19.8 Å². The van der Waals surface area contributed by atoms with Gasteiger partial charge in [-0.1, -0.05) is 0 Å². The average molecular weight is 660 g/mol. The van der Waals surface area contributed by atoms with Crippen LogP contribution >= 0.6 is 0 Å². The molecule has 40 heavy (non-hydrogen) atoms. The van der Waals surface area contributed by atoms with E-state index in [2.05, 4.69) is 13.3 Å². The van der Waals surface area contributed by atoms with Gasteiger partial charge in [0.05, 0.1) is 0 Å². The van der Waals surface area contributed by atoms with Crippen LogP contribution in [0.3, 0.4) is 0 Å². The number of halogens is 19. The lowest BCUT2D eigenvalue weighted by molar-refractivity contribution is -0.451. The molecule has 0 bridgehead atoms. The summed E-state index contributed by atoms with van der Waals surface area (Å²) in [5.74, 6) is -57.7. The molecule has 0 N–H and O–H groups in total. The molecule has 0 heterocycles. The molecule has 0 aliphatic carbocycles. The number of hydrogen-bond acceptors (Lipinski definition) is 3. The van der Waals surface area contributed by atoms with Gasteiger partial charge in [0.2, 0.25) is 0 Å². The van der Waals surface area contributed by atoms with Crippen molar-refractivity contribution in [3.05, 3.63) is 0 Å². The lowest BCUT2D eigenvalue weighted by Gasteiger charge is -2.45. The van der Waals surface area contributed by atoms with Crippen molar-refractivity contribution in [3.8, 4) is 0 Å². The molecule has 0 aromatic carbocycles. The minimum Gasteiger partial charge on any atom is -0.370 e. The third-order valence-electron chi connectivity index (χ3n) is 4.94. The SMILES string of the molecule is CCO[Si](OCC)(OCC)C(F)(F)C(F)(F)C(F)(F)C(F)(F)C(F)(F)C(F)(F)C(F)(F)C(F)(F)CCC(F)(F)F. The maximum Gasteiger partial charge on any atom is 0.582 e. The Morgan fingerprint density at radius 3 is 0.950 bits per heavy atom. The summed E-state index contributed by atoms with van der Waals surface area (Å²) in [5, 5.41) is 0. The van der Waals surface area contributed by atoms with Crippen LogP contribution in [0.25, 0.3) is 0 Å². The van der Waals surface area contributed by atoms with Crippen LogP contribution in [0, 0.1) is 0 Å². The van der Waals surface area contributed by atoms with Crippen molar-refractivity contribution in [1.29, 1.82) is 0 Å². The van der Waals surface area contributed by atoms with E-state index in [4.69, 9.17) is 0 Å². The zero-order chi connectivity index (χ0) is 32.7. The van der Waals surface area contributed by atoms with Crippen LogP contribution < -0.4 is 0 Å². The minimum atomic E-state index is -8.76. The van der Waals surface area contributed by atoms with Crippen LogP contribution in [0.1, 0.15) is 33.6 Å². The van der Waals surface area contributed by atoms with Crippen LogP contribution in [0.4, 0.5) is 83.4 Å². The highest BCUT2D eigenvalue weighted by molar-refractivity contribution is 6.63. The lowest BCUT2D eigenvalue weighted by atomic mass is 9.88. The summed E-state index contributed by atoms with van der Waals surface area (Å²) in [4.78, 5) is 0. The molecule has 0 unspecified atom stereocenters. The van der Waals surface area contributed by atoms with Crippen molar-refractivity contribution < 1.29 is 96.7 Å². The first kappa shape index (κ1) is 38.8. The maximum absolute atomic E-state index is 14.7. The van der Waals surface area contributed by atoms with E-state index in [1.54, 1.807) is 0 Å². The number of hydrogen-bond donors (Lipinski definition) is 0. The molecule has 0 atom stereocenters. The van der Waals surface area contributed by atoms with Crippen molar-refractivity contribution in [1.82, 2.24) is 0 Å². The van der Waals surface area contributed by atoms with Gasteiger partial charge in [-0.3, -0.25) is 0 Å². The topological polar surface area (TPSA) is 27.7 Å². The predicted octanol–water partition coefficient (Wildman–Crippen LogP) is 8.00. The van der Waals surface area contributed by atoms with Gasteiger partial charge in [-0.15, -0.1) is 0 Å². The monoisotopic (exact) mass is 660 g/mol. The maximum atomic E-state index is 14.7. The third kappa shape index (κ3) is 5.84. The van der Waals surface area contributed by atoms with Gasteiger partial charge in [0.15, 0.2) is 0 Å². The van der Waals surface area contributed by atoms with Crippen LogP contribution in [-0.2, 0) is 13.3 Å². The summed E-state index contributed by atoms with van der Waals surface area (Å²) in [6.07, 6.45) is -12.5. The quantitative estimate of drug-likeness (QED) is 0.124. The van der Waals surface area contributed by atoms with Gasteiger partial charge in [-0.25, -0.2) is 0 Å². The summed E-state index contributed by atoms with van der Waals surface area (Å²) in [7, 11) is -6.75. The molecule has 0 rings (SSSR count). The molecule has 0 aliphatic heterocycles. The normalized spacial score (nSPS) is 16.1. The Hall–Kier alpha value is -1.23. The molecule has 0 spiro atoms. The Morgan fingerprint density at radius 1 is 0.400 bits per heavy atom. The Balaban J connectivity index is 7.08. The van der Waals surface area contributed by atoms with E-state index >= 15 is 0 Å². The standard InChI is InChI=1S/C17H19F19O3Si/c1-4-37-40(38-5-2,39-6-3)17(35,36)16(33,34)15(31,32)14(29,30)13(27,28)12(25,26)11(23,24)9(18,19)7-8-10(20,21)22/h4-8H2,1-3H3. The summed E-state index contributed by atoms with van der Waals surface area (Å²) in [5.41, 5.74) is -6.93. The van der Waals surface area contributed by atoms with Crippen LogP contribution in [-0.4, -0.2) is 81.8 Å². The van der Waals surface area contributed by atoms with E-state index in [9.17, 15) is 83.4 Å². The highest BCUT2D eigenvalue weighted by Gasteiger charge is 2.97. The molecule has 242 valence electrons. The fourth-order valence-electron chi connectivity index (χ4n) is 2.83. The molecule has 0 aromatic heterocycles. The van der Waals surface area contributed by atoms with Crippen LogP contribution in [0.5, 0.6) is 0 Å². The second kappa shape index (κ2) is 11.5. The second-order valence-corrected chi connectivity index (χ2v) is 10.3. The van der Waals surface area contributed by atoms with E-state index in [0.29, 0.717) is 20.8 Å². The number of alkyl halides is 19. The van der Waals surface area contributed by atoms with E-state index in [1.165, 1.54) is 0 Å². The zero-order valence-corrected chi connectivity index (χ0v) is 20.9. The molecule has 0 aliphatic rings. The van der Waals surface area contributed by atoms with E-state index in [-0.39, 0.29) is 0 Å². The summed E-state index contributed by atoms with van der Waals surface area (Å²) in [6, 6.07) is 0. The van der Waals surface area contributed by atoms with Crippen molar-refractivity contribution in [3.63, 3.8) is 0 Å². The lowest BCUT2D eigenvalue weighted by Crippen LogP contribution is -2.78. The smallest absolute Gasteiger partial charge is 0.370 e. The minimum absolute atomic E-state index is 0.705. The van der Waals surface area contributed by atoms with Gasteiger partial charge >= 0.3 is 62.0 Å². The van der Waals surface area contributed by atoms with E-state index in [0.717, 1.165) is 0 Å². The van der Waals surface area contributed by atoms with Crippen molar-refractivity contribution in [2.24, 2.45) is 0 Å². The summed E-state index contributed by atoms with van der Waals surface area (Å²) in [6.45, 7) is -1.45. The molecular weight excluding hydrogens is 641 g/mol. The van der Waals surface area contributed by atoms with Gasteiger partial charge in [-0.2, -0.15) is 83.4 Å². The molecular formula is C17H19F19O3Si. The van der Waals surface area contributed by atoms with Gasteiger partial charge in [0.1, 0.15) is 0 Å². The predicted molar refractivity (Wildman–Crippen MR) is 95.5 cm³/mol. The zero-order valence-electron chi connectivity index (χ0n) is 19.9.